The predicted octanol–water partition coefficient (Wildman–Crippen LogP) is 3.79. The van der Waals surface area contributed by atoms with E-state index < -0.39 is 0 Å². The minimum Gasteiger partial charge on any atom is -0.307 e. The summed E-state index contributed by atoms with van der Waals surface area (Å²) >= 11 is 6.15. The van der Waals surface area contributed by atoms with E-state index in [0.717, 1.165) is 10.9 Å². The first-order chi connectivity index (χ1) is 7.22. The molecule has 1 nitrogen and oxygen atoms in total. The summed E-state index contributed by atoms with van der Waals surface area (Å²) in [5.74, 6) is 0.884. The molecule has 0 saturated heterocycles. The zero-order valence-corrected chi connectivity index (χ0v) is 10.1. The molecule has 0 heterocycles. The van der Waals surface area contributed by atoms with Gasteiger partial charge in [-0.1, -0.05) is 43.1 Å². The van der Waals surface area contributed by atoms with Crippen LogP contribution in [0.4, 0.5) is 0 Å². The molecule has 15 heavy (non-hydrogen) atoms. The highest BCUT2D eigenvalue weighted by Crippen LogP contribution is 2.35. The van der Waals surface area contributed by atoms with Crippen molar-refractivity contribution >= 4 is 11.6 Å². The SMILES string of the molecule is CCC1CC1NC(C)c1ccccc1Cl. The molecule has 1 aliphatic carbocycles. The van der Waals surface area contributed by atoms with E-state index in [0.29, 0.717) is 12.1 Å². The summed E-state index contributed by atoms with van der Waals surface area (Å²) in [6.45, 7) is 4.44. The normalized spacial score (nSPS) is 26.3. The van der Waals surface area contributed by atoms with Gasteiger partial charge in [0.25, 0.3) is 0 Å². The molecule has 0 aromatic heterocycles. The van der Waals surface area contributed by atoms with E-state index >= 15 is 0 Å². The minimum atomic E-state index is 0.361. The average molecular weight is 224 g/mol. The van der Waals surface area contributed by atoms with Gasteiger partial charge in [-0.2, -0.15) is 0 Å². The maximum Gasteiger partial charge on any atom is 0.0453 e. The van der Waals surface area contributed by atoms with Crippen molar-refractivity contribution in [1.82, 2.24) is 5.32 Å². The summed E-state index contributed by atoms with van der Waals surface area (Å²) in [4.78, 5) is 0. The van der Waals surface area contributed by atoms with E-state index in [4.69, 9.17) is 11.6 Å². The predicted molar refractivity (Wildman–Crippen MR) is 65.2 cm³/mol. The maximum atomic E-state index is 6.15. The van der Waals surface area contributed by atoms with Gasteiger partial charge in [-0.25, -0.2) is 0 Å². The highest BCUT2D eigenvalue weighted by atomic mass is 35.5. The second-order valence-electron chi connectivity index (χ2n) is 4.42. The van der Waals surface area contributed by atoms with E-state index in [1.807, 2.05) is 18.2 Å². The Balaban J connectivity index is 1.97. The third kappa shape index (κ3) is 2.53. The smallest absolute Gasteiger partial charge is 0.0453 e. The van der Waals surface area contributed by atoms with E-state index in [1.54, 1.807) is 0 Å². The molecular formula is C13H18ClN. The van der Waals surface area contributed by atoms with Crippen LogP contribution in [0.2, 0.25) is 5.02 Å². The molecular weight excluding hydrogens is 206 g/mol. The van der Waals surface area contributed by atoms with Gasteiger partial charge in [-0.15, -0.1) is 0 Å². The minimum absolute atomic E-state index is 0.361. The molecule has 2 heteroatoms. The van der Waals surface area contributed by atoms with Crippen molar-refractivity contribution in [2.45, 2.75) is 38.8 Å². The fourth-order valence-corrected chi connectivity index (χ4v) is 2.44. The molecule has 1 aromatic rings. The molecule has 0 bridgehead atoms. The van der Waals surface area contributed by atoms with E-state index in [-0.39, 0.29) is 0 Å². The van der Waals surface area contributed by atoms with Crippen molar-refractivity contribution in [3.05, 3.63) is 34.9 Å². The molecule has 2 rings (SSSR count). The Morgan fingerprint density at radius 3 is 2.80 bits per heavy atom. The summed E-state index contributed by atoms with van der Waals surface area (Å²) in [7, 11) is 0. The third-order valence-electron chi connectivity index (χ3n) is 3.28. The Morgan fingerprint density at radius 1 is 1.47 bits per heavy atom. The van der Waals surface area contributed by atoms with Crippen LogP contribution in [-0.2, 0) is 0 Å². The Labute approximate surface area is 96.8 Å². The number of nitrogens with one attached hydrogen (secondary N) is 1. The van der Waals surface area contributed by atoms with Gasteiger partial charge in [0.2, 0.25) is 0 Å². The van der Waals surface area contributed by atoms with E-state index in [2.05, 4.69) is 25.2 Å². The number of hydrogen-bond acceptors (Lipinski definition) is 1. The van der Waals surface area contributed by atoms with E-state index in [9.17, 15) is 0 Å². The van der Waals surface area contributed by atoms with Crippen LogP contribution in [0.25, 0.3) is 0 Å². The molecule has 1 saturated carbocycles. The lowest BCUT2D eigenvalue weighted by molar-refractivity contribution is 0.539. The van der Waals surface area contributed by atoms with E-state index in [1.165, 1.54) is 18.4 Å². The van der Waals surface area contributed by atoms with Gasteiger partial charge >= 0.3 is 0 Å². The van der Waals surface area contributed by atoms with Crippen LogP contribution >= 0.6 is 11.6 Å². The van der Waals surface area contributed by atoms with Crippen molar-refractivity contribution in [3.8, 4) is 0 Å². The Morgan fingerprint density at radius 2 is 2.20 bits per heavy atom. The first kappa shape index (κ1) is 11.0. The van der Waals surface area contributed by atoms with Crippen LogP contribution in [0.15, 0.2) is 24.3 Å². The van der Waals surface area contributed by atoms with Gasteiger partial charge in [-0.05, 0) is 30.9 Å². The number of benzene rings is 1. The zero-order chi connectivity index (χ0) is 10.8. The summed E-state index contributed by atoms with van der Waals surface area (Å²) in [5.41, 5.74) is 1.21. The standard InChI is InChI=1S/C13H18ClN/c1-3-10-8-13(10)15-9(2)11-6-4-5-7-12(11)14/h4-7,9-10,13,15H,3,8H2,1-2H3. The lowest BCUT2D eigenvalue weighted by Crippen LogP contribution is -2.22. The molecule has 1 aromatic carbocycles. The second kappa shape index (κ2) is 4.54. The van der Waals surface area contributed by atoms with Crippen molar-refractivity contribution in [2.24, 2.45) is 5.92 Å². The molecule has 0 spiro atoms. The first-order valence-corrected chi connectivity index (χ1v) is 6.10. The molecule has 0 radical (unpaired) electrons. The lowest BCUT2D eigenvalue weighted by atomic mass is 10.1. The third-order valence-corrected chi connectivity index (χ3v) is 3.63. The van der Waals surface area contributed by atoms with Crippen LogP contribution in [0.3, 0.4) is 0 Å². The van der Waals surface area contributed by atoms with Crippen LogP contribution in [0.1, 0.15) is 38.3 Å². The highest BCUT2D eigenvalue weighted by molar-refractivity contribution is 6.31. The van der Waals surface area contributed by atoms with Gasteiger partial charge < -0.3 is 5.32 Å². The second-order valence-corrected chi connectivity index (χ2v) is 4.83. The molecule has 82 valence electrons. The maximum absolute atomic E-state index is 6.15. The molecule has 3 unspecified atom stereocenters. The van der Waals surface area contributed by atoms with Gasteiger partial charge in [0.15, 0.2) is 0 Å². The molecule has 1 fully saturated rings. The van der Waals surface area contributed by atoms with Crippen LogP contribution in [-0.4, -0.2) is 6.04 Å². The number of rotatable bonds is 4. The average Bonchev–Trinajstić information content (AvgIpc) is 2.97. The van der Waals surface area contributed by atoms with Crippen LogP contribution in [0.5, 0.6) is 0 Å². The Hall–Kier alpha value is -0.530. The van der Waals surface area contributed by atoms with Crippen molar-refractivity contribution in [1.29, 1.82) is 0 Å². The van der Waals surface area contributed by atoms with Gasteiger partial charge in [0.05, 0.1) is 0 Å². The Kier molecular flexibility index (Phi) is 3.32. The van der Waals surface area contributed by atoms with Crippen molar-refractivity contribution in [2.75, 3.05) is 0 Å². The quantitative estimate of drug-likeness (QED) is 0.819. The highest BCUT2D eigenvalue weighted by Gasteiger charge is 2.36. The summed E-state index contributed by atoms with van der Waals surface area (Å²) in [6, 6.07) is 9.15. The molecule has 1 N–H and O–H groups in total. The molecule has 0 amide bonds. The van der Waals surface area contributed by atoms with Crippen molar-refractivity contribution in [3.63, 3.8) is 0 Å². The molecule has 3 atom stereocenters. The van der Waals surface area contributed by atoms with Crippen molar-refractivity contribution < 1.29 is 0 Å². The fraction of sp³-hybridized carbons (Fsp3) is 0.538. The molecule has 0 aliphatic heterocycles. The van der Waals surface area contributed by atoms with Gasteiger partial charge in [0.1, 0.15) is 0 Å². The summed E-state index contributed by atoms with van der Waals surface area (Å²) in [6.07, 6.45) is 2.61. The van der Waals surface area contributed by atoms with Gasteiger partial charge in [0, 0.05) is 17.1 Å². The Bertz CT molecular complexity index is 337. The summed E-state index contributed by atoms with van der Waals surface area (Å²) in [5, 5.41) is 4.49. The topological polar surface area (TPSA) is 12.0 Å². The van der Waals surface area contributed by atoms with Gasteiger partial charge in [-0.3, -0.25) is 0 Å². The zero-order valence-electron chi connectivity index (χ0n) is 9.33. The van der Waals surface area contributed by atoms with Crippen LogP contribution < -0.4 is 5.32 Å². The number of halogens is 1. The first-order valence-electron chi connectivity index (χ1n) is 5.72. The largest absolute Gasteiger partial charge is 0.307 e. The monoisotopic (exact) mass is 223 g/mol. The molecule has 1 aliphatic rings. The van der Waals surface area contributed by atoms with Crippen LogP contribution in [0, 0.1) is 5.92 Å². The fourth-order valence-electron chi connectivity index (χ4n) is 2.14. The number of hydrogen-bond donors (Lipinski definition) is 1. The summed E-state index contributed by atoms with van der Waals surface area (Å²) < 4.78 is 0. The lowest BCUT2D eigenvalue weighted by Gasteiger charge is -2.15.